The fourth-order valence-corrected chi connectivity index (χ4v) is 2.15. The Hall–Kier alpha value is -2.82. The molecule has 2 aromatic carbocycles. The Bertz CT molecular complexity index is 644. The van der Waals surface area contributed by atoms with Crippen LogP contribution in [0.5, 0.6) is 5.75 Å². The highest BCUT2D eigenvalue weighted by Gasteiger charge is 2.17. The van der Waals surface area contributed by atoms with Crippen molar-refractivity contribution in [1.82, 2.24) is 10.6 Å². The van der Waals surface area contributed by atoms with Crippen LogP contribution < -0.4 is 15.4 Å². The Labute approximate surface area is 142 Å². The molecule has 126 valence electrons. The molecule has 24 heavy (non-hydrogen) atoms. The van der Waals surface area contributed by atoms with Gasteiger partial charge in [-0.3, -0.25) is 9.59 Å². The summed E-state index contributed by atoms with van der Waals surface area (Å²) in [5.74, 6) is 0.324. The molecule has 1 atom stereocenters. The summed E-state index contributed by atoms with van der Waals surface area (Å²) in [7, 11) is 0. The first kappa shape index (κ1) is 17.5. The van der Waals surface area contributed by atoms with E-state index in [1.807, 2.05) is 55.5 Å². The van der Waals surface area contributed by atoms with Crippen molar-refractivity contribution < 1.29 is 14.3 Å². The number of ether oxygens (including phenoxy) is 1. The van der Waals surface area contributed by atoms with E-state index in [9.17, 15) is 9.59 Å². The first-order chi connectivity index (χ1) is 11.7. The van der Waals surface area contributed by atoms with E-state index in [-0.39, 0.29) is 11.8 Å². The topological polar surface area (TPSA) is 67.4 Å². The zero-order valence-corrected chi connectivity index (χ0v) is 13.7. The predicted octanol–water partition coefficient (Wildman–Crippen LogP) is 2.39. The molecule has 0 saturated heterocycles. The minimum Gasteiger partial charge on any atom is -0.481 e. The van der Waals surface area contributed by atoms with Crippen molar-refractivity contribution in [3.05, 3.63) is 66.2 Å². The van der Waals surface area contributed by atoms with Crippen LogP contribution in [0.4, 0.5) is 0 Å². The summed E-state index contributed by atoms with van der Waals surface area (Å²) in [6, 6.07) is 18.2. The lowest BCUT2D eigenvalue weighted by atomic mass is 10.2. The number of benzene rings is 2. The fourth-order valence-electron chi connectivity index (χ4n) is 2.15. The molecule has 2 amide bonds. The normalized spacial score (nSPS) is 11.4. The van der Waals surface area contributed by atoms with Gasteiger partial charge in [-0.25, -0.2) is 0 Å². The molecule has 0 aromatic heterocycles. The van der Waals surface area contributed by atoms with Gasteiger partial charge in [0.1, 0.15) is 5.75 Å². The lowest BCUT2D eigenvalue weighted by molar-refractivity contribution is -0.128. The first-order valence-corrected chi connectivity index (χ1v) is 8.03. The van der Waals surface area contributed by atoms with Crippen molar-refractivity contribution in [3.63, 3.8) is 0 Å². The van der Waals surface area contributed by atoms with Crippen LogP contribution in [-0.2, 0) is 4.79 Å². The van der Waals surface area contributed by atoms with Gasteiger partial charge in [-0.15, -0.1) is 0 Å². The summed E-state index contributed by atoms with van der Waals surface area (Å²) in [6.07, 6.45) is 0.0223. The Kier molecular flexibility index (Phi) is 6.83. The van der Waals surface area contributed by atoms with E-state index in [1.54, 1.807) is 12.1 Å². The Morgan fingerprint density at radius 1 is 0.917 bits per heavy atom. The molecule has 0 radical (unpaired) electrons. The second kappa shape index (κ2) is 9.35. The van der Waals surface area contributed by atoms with Crippen LogP contribution in [-0.4, -0.2) is 31.0 Å². The summed E-state index contributed by atoms with van der Waals surface area (Å²) < 4.78 is 5.67. The molecule has 2 aromatic rings. The van der Waals surface area contributed by atoms with Crippen molar-refractivity contribution in [3.8, 4) is 5.75 Å². The van der Waals surface area contributed by atoms with Gasteiger partial charge in [-0.2, -0.15) is 0 Å². The van der Waals surface area contributed by atoms with Crippen LogP contribution in [0.25, 0.3) is 0 Å². The molecule has 5 heteroatoms. The average molecular weight is 326 g/mol. The summed E-state index contributed by atoms with van der Waals surface area (Å²) in [6.45, 7) is 2.61. The molecule has 0 bridgehead atoms. The third-order valence-electron chi connectivity index (χ3n) is 3.43. The van der Waals surface area contributed by atoms with E-state index in [0.717, 1.165) is 0 Å². The molecule has 0 heterocycles. The van der Waals surface area contributed by atoms with Crippen molar-refractivity contribution in [1.29, 1.82) is 0 Å². The van der Waals surface area contributed by atoms with Gasteiger partial charge in [-0.1, -0.05) is 43.3 Å². The molecule has 5 nitrogen and oxygen atoms in total. The van der Waals surface area contributed by atoms with Gasteiger partial charge >= 0.3 is 0 Å². The number of carbonyl (C=O) groups is 2. The van der Waals surface area contributed by atoms with Gasteiger partial charge in [0.2, 0.25) is 0 Å². The zero-order valence-electron chi connectivity index (χ0n) is 13.7. The maximum absolute atomic E-state index is 12.1. The summed E-state index contributed by atoms with van der Waals surface area (Å²) >= 11 is 0. The maximum atomic E-state index is 12.1. The van der Waals surface area contributed by atoms with Crippen molar-refractivity contribution in [2.75, 3.05) is 13.1 Å². The number of nitrogens with one attached hydrogen (secondary N) is 2. The second-order valence-electron chi connectivity index (χ2n) is 5.24. The minimum absolute atomic E-state index is 0.155. The zero-order chi connectivity index (χ0) is 17.2. The molecule has 0 aliphatic carbocycles. The van der Waals surface area contributed by atoms with Gasteiger partial charge in [0.05, 0.1) is 0 Å². The highest BCUT2D eigenvalue weighted by atomic mass is 16.5. The molecule has 2 rings (SSSR count). The molecule has 0 aliphatic heterocycles. The van der Waals surface area contributed by atoms with Gasteiger partial charge in [-0.05, 0) is 30.7 Å². The molecule has 2 N–H and O–H groups in total. The number of carbonyl (C=O) groups excluding carboxylic acids is 2. The number of hydrogen-bond acceptors (Lipinski definition) is 3. The first-order valence-electron chi connectivity index (χ1n) is 8.03. The Morgan fingerprint density at radius 3 is 2.12 bits per heavy atom. The van der Waals surface area contributed by atoms with E-state index in [2.05, 4.69) is 10.6 Å². The Morgan fingerprint density at radius 2 is 1.50 bits per heavy atom. The summed E-state index contributed by atoms with van der Waals surface area (Å²) in [5.41, 5.74) is 0.600. The van der Waals surface area contributed by atoms with Crippen LogP contribution in [0.2, 0.25) is 0 Å². The van der Waals surface area contributed by atoms with Crippen molar-refractivity contribution in [2.24, 2.45) is 0 Å². The highest BCUT2D eigenvalue weighted by Crippen LogP contribution is 2.12. The molecule has 0 aliphatic rings. The predicted molar refractivity (Wildman–Crippen MR) is 92.9 cm³/mol. The molecule has 0 spiro atoms. The van der Waals surface area contributed by atoms with E-state index < -0.39 is 6.10 Å². The smallest absolute Gasteiger partial charge is 0.261 e. The van der Waals surface area contributed by atoms with Gasteiger partial charge in [0, 0.05) is 18.7 Å². The largest absolute Gasteiger partial charge is 0.481 e. The van der Waals surface area contributed by atoms with Crippen LogP contribution >= 0.6 is 0 Å². The average Bonchev–Trinajstić information content (AvgIpc) is 2.64. The molecule has 1 unspecified atom stereocenters. The van der Waals surface area contributed by atoms with Gasteiger partial charge < -0.3 is 15.4 Å². The number of para-hydroxylation sites is 1. The van der Waals surface area contributed by atoms with Crippen LogP contribution in [0.3, 0.4) is 0 Å². The number of rotatable bonds is 8. The standard InChI is InChI=1S/C19H22N2O3/c1-2-17(24-16-11-7-4-8-12-16)19(23)21-14-13-20-18(22)15-9-5-3-6-10-15/h3-12,17H,2,13-14H2,1H3,(H,20,22)(H,21,23). The van der Waals surface area contributed by atoms with E-state index in [0.29, 0.717) is 30.8 Å². The van der Waals surface area contributed by atoms with E-state index in [4.69, 9.17) is 4.74 Å². The highest BCUT2D eigenvalue weighted by molar-refractivity contribution is 5.94. The summed E-state index contributed by atoms with van der Waals surface area (Å²) in [4.78, 5) is 24.0. The molecular formula is C19H22N2O3. The van der Waals surface area contributed by atoms with Crippen molar-refractivity contribution in [2.45, 2.75) is 19.4 Å². The van der Waals surface area contributed by atoms with Crippen molar-refractivity contribution >= 4 is 11.8 Å². The quantitative estimate of drug-likeness (QED) is 0.732. The lowest BCUT2D eigenvalue weighted by Crippen LogP contribution is -2.41. The fraction of sp³-hybridized carbons (Fsp3) is 0.263. The van der Waals surface area contributed by atoms with Gasteiger partial charge in [0.15, 0.2) is 6.10 Å². The maximum Gasteiger partial charge on any atom is 0.261 e. The molecular weight excluding hydrogens is 304 g/mol. The third kappa shape index (κ3) is 5.43. The number of hydrogen-bond donors (Lipinski definition) is 2. The van der Waals surface area contributed by atoms with Crippen LogP contribution in [0, 0.1) is 0 Å². The number of amides is 2. The van der Waals surface area contributed by atoms with Crippen LogP contribution in [0.1, 0.15) is 23.7 Å². The van der Waals surface area contributed by atoms with E-state index in [1.165, 1.54) is 0 Å². The second-order valence-corrected chi connectivity index (χ2v) is 5.24. The molecule has 0 fully saturated rings. The monoisotopic (exact) mass is 326 g/mol. The third-order valence-corrected chi connectivity index (χ3v) is 3.43. The SMILES string of the molecule is CCC(Oc1ccccc1)C(=O)NCCNC(=O)c1ccccc1. The van der Waals surface area contributed by atoms with E-state index >= 15 is 0 Å². The van der Waals surface area contributed by atoms with Gasteiger partial charge in [0.25, 0.3) is 11.8 Å². The lowest BCUT2D eigenvalue weighted by Gasteiger charge is -2.17. The summed E-state index contributed by atoms with van der Waals surface area (Å²) in [5, 5.41) is 5.55. The Balaban J connectivity index is 1.72. The minimum atomic E-state index is -0.544. The molecule has 0 saturated carbocycles. The van der Waals surface area contributed by atoms with Crippen LogP contribution in [0.15, 0.2) is 60.7 Å².